The second-order valence-corrected chi connectivity index (χ2v) is 4.23. The number of hydrogen-bond donors (Lipinski definition) is 2. The number of aryl methyl sites for hydroxylation is 2. The zero-order valence-corrected chi connectivity index (χ0v) is 10.1. The van der Waals surface area contributed by atoms with Gasteiger partial charge in [-0.2, -0.15) is 0 Å². The van der Waals surface area contributed by atoms with Crippen molar-refractivity contribution in [3.8, 4) is 0 Å². The number of nitrogens with one attached hydrogen (secondary N) is 1. The van der Waals surface area contributed by atoms with Crippen molar-refractivity contribution in [3.05, 3.63) is 65.0 Å². The molecule has 0 spiro atoms. The van der Waals surface area contributed by atoms with Gasteiger partial charge in [-0.1, -0.05) is 24.3 Å². The van der Waals surface area contributed by atoms with Crippen LogP contribution in [0.5, 0.6) is 0 Å². The molecule has 17 heavy (non-hydrogen) atoms. The van der Waals surface area contributed by atoms with Gasteiger partial charge >= 0.3 is 0 Å². The molecule has 0 radical (unpaired) electrons. The van der Waals surface area contributed by atoms with Gasteiger partial charge in [0.2, 0.25) is 0 Å². The maximum Gasteiger partial charge on any atom is 0.0725 e. The van der Waals surface area contributed by atoms with Crippen LogP contribution in [0, 0.1) is 13.8 Å². The van der Waals surface area contributed by atoms with Crippen LogP contribution in [0.3, 0.4) is 0 Å². The Balaban J connectivity index is 2.39. The summed E-state index contributed by atoms with van der Waals surface area (Å²) in [6.45, 7) is 4.21. The van der Waals surface area contributed by atoms with Crippen LogP contribution in [-0.2, 0) is 0 Å². The van der Waals surface area contributed by atoms with Gasteiger partial charge in [-0.15, -0.1) is 0 Å². The van der Waals surface area contributed by atoms with Crippen LogP contribution in [0.2, 0.25) is 0 Å². The summed E-state index contributed by atoms with van der Waals surface area (Å²) in [5, 5.41) is 0. The second kappa shape index (κ2) is 5.08. The van der Waals surface area contributed by atoms with Crippen LogP contribution < -0.4 is 11.3 Å². The molecule has 0 saturated carbocycles. The Hall–Kier alpha value is -1.71. The van der Waals surface area contributed by atoms with Crippen molar-refractivity contribution in [2.24, 2.45) is 5.84 Å². The summed E-state index contributed by atoms with van der Waals surface area (Å²) in [5.74, 6) is 5.65. The van der Waals surface area contributed by atoms with Crippen LogP contribution in [0.25, 0.3) is 0 Å². The van der Waals surface area contributed by atoms with Crippen LogP contribution in [0.4, 0.5) is 0 Å². The Bertz CT molecular complexity index is 494. The molecule has 0 aliphatic carbocycles. The zero-order valence-electron chi connectivity index (χ0n) is 10.1. The fraction of sp³-hybridized carbons (Fsp3) is 0.214. The summed E-state index contributed by atoms with van der Waals surface area (Å²) in [4.78, 5) is 4.12. The molecule has 0 bridgehead atoms. The standard InChI is InChI=1S/C14H17N3/c1-10-5-6-12(8-11(10)2)14(17-15)13-4-3-7-16-9-13/h3-9,14,17H,15H2,1-2H3. The van der Waals surface area contributed by atoms with Gasteiger partial charge in [0, 0.05) is 12.4 Å². The van der Waals surface area contributed by atoms with Gasteiger partial charge in [0.05, 0.1) is 6.04 Å². The van der Waals surface area contributed by atoms with E-state index in [-0.39, 0.29) is 6.04 Å². The topological polar surface area (TPSA) is 50.9 Å². The molecule has 1 heterocycles. The molecule has 3 N–H and O–H groups in total. The second-order valence-electron chi connectivity index (χ2n) is 4.23. The number of aromatic nitrogens is 1. The molecule has 1 unspecified atom stereocenters. The van der Waals surface area contributed by atoms with Crippen molar-refractivity contribution in [2.75, 3.05) is 0 Å². The minimum absolute atomic E-state index is 0.0111. The first kappa shape index (κ1) is 11.8. The number of nitrogens with two attached hydrogens (primary N) is 1. The highest BCUT2D eigenvalue weighted by atomic mass is 15.2. The molecular weight excluding hydrogens is 210 g/mol. The van der Waals surface area contributed by atoms with E-state index in [4.69, 9.17) is 5.84 Å². The Labute approximate surface area is 102 Å². The lowest BCUT2D eigenvalue weighted by atomic mass is 9.97. The number of nitrogens with zero attached hydrogens (tertiary/aromatic N) is 1. The molecule has 1 aromatic heterocycles. The van der Waals surface area contributed by atoms with Gasteiger partial charge in [-0.3, -0.25) is 10.8 Å². The molecule has 0 saturated heterocycles. The number of hydrogen-bond acceptors (Lipinski definition) is 3. The lowest BCUT2D eigenvalue weighted by Gasteiger charge is -2.17. The van der Waals surface area contributed by atoms with Gasteiger partial charge in [-0.05, 0) is 42.2 Å². The fourth-order valence-electron chi connectivity index (χ4n) is 1.88. The first-order chi connectivity index (χ1) is 8.22. The molecule has 2 aromatic rings. The number of hydrazine groups is 1. The maximum atomic E-state index is 5.65. The van der Waals surface area contributed by atoms with Crippen LogP contribution in [0.1, 0.15) is 28.3 Å². The molecule has 88 valence electrons. The SMILES string of the molecule is Cc1ccc(C(NN)c2cccnc2)cc1C. The highest BCUT2D eigenvalue weighted by molar-refractivity contribution is 5.36. The van der Waals surface area contributed by atoms with Gasteiger partial charge in [0.25, 0.3) is 0 Å². The minimum atomic E-state index is -0.0111. The first-order valence-corrected chi connectivity index (χ1v) is 5.65. The third-order valence-corrected chi connectivity index (χ3v) is 3.05. The van der Waals surface area contributed by atoms with Crippen molar-refractivity contribution < 1.29 is 0 Å². The predicted molar refractivity (Wildman–Crippen MR) is 69.3 cm³/mol. The minimum Gasteiger partial charge on any atom is -0.271 e. The van der Waals surface area contributed by atoms with Crippen molar-refractivity contribution in [3.63, 3.8) is 0 Å². The van der Waals surface area contributed by atoms with Gasteiger partial charge < -0.3 is 0 Å². The molecule has 1 aromatic carbocycles. The van der Waals surface area contributed by atoms with E-state index in [1.165, 1.54) is 11.1 Å². The quantitative estimate of drug-likeness (QED) is 0.624. The summed E-state index contributed by atoms with van der Waals surface area (Å²) in [6.07, 6.45) is 3.59. The molecule has 1 atom stereocenters. The normalized spacial score (nSPS) is 12.4. The summed E-state index contributed by atoms with van der Waals surface area (Å²) >= 11 is 0. The van der Waals surface area contributed by atoms with Crippen molar-refractivity contribution in [2.45, 2.75) is 19.9 Å². The first-order valence-electron chi connectivity index (χ1n) is 5.65. The zero-order chi connectivity index (χ0) is 12.3. The Morgan fingerprint density at radius 3 is 2.53 bits per heavy atom. The van der Waals surface area contributed by atoms with Gasteiger partial charge in [0.15, 0.2) is 0 Å². The number of rotatable bonds is 3. The van der Waals surface area contributed by atoms with E-state index in [9.17, 15) is 0 Å². The Morgan fingerprint density at radius 1 is 1.12 bits per heavy atom. The van der Waals surface area contributed by atoms with Crippen LogP contribution in [-0.4, -0.2) is 4.98 Å². The molecule has 0 amide bonds. The third kappa shape index (κ3) is 2.52. The van der Waals surface area contributed by atoms with Crippen LogP contribution in [0.15, 0.2) is 42.7 Å². The van der Waals surface area contributed by atoms with Gasteiger partial charge in [0.1, 0.15) is 0 Å². The van der Waals surface area contributed by atoms with E-state index >= 15 is 0 Å². The molecule has 2 rings (SSSR count). The summed E-state index contributed by atoms with van der Waals surface area (Å²) in [6, 6.07) is 10.3. The summed E-state index contributed by atoms with van der Waals surface area (Å²) in [5.41, 5.74) is 7.62. The monoisotopic (exact) mass is 227 g/mol. The van der Waals surface area contributed by atoms with E-state index in [2.05, 4.69) is 42.5 Å². The molecule has 0 aliphatic heterocycles. The lowest BCUT2D eigenvalue weighted by Crippen LogP contribution is -2.29. The Kier molecular flexibility index (Phi) is 3.52. The van der Waals surface area contributed by atoms with Crippen molar-refractivity contribution in [1.82, 2.24) is 10.4 Å². The van der Waals surface area contributed by atoms with Crippen LogP contribution >= 0.6 is 0 Å². The number of benzene rings is 1. The molecule has 0 aliphatic rings. The van der Waals surface area contributed by atoms with Crippen molar-refractivity contribution in [1.29, 1.82) is 0 Å². The smallest absolute Gasteiger partial charge is 0.0725 e. The number of pyridine rings is 1. The Morgan fingerprint density at radius 2 is 1.94 bits per heavy atom. The van der Waals surface area contributed by atoms with Gasteiger partial charge in [-0.25, -0.2) is 5.43 Å². The highest BCUT2D eigenvalue weighted by Crippen LogP contribution is 2.22. The average Bonchev–Trinajstić information content (AvgIpc) is 2.36. The van der Waals surface area contributed by atoms with E-state index in [0.717, 1.165) is 11.1 Å². The summed E-state index contributed by atoms with van der Waals surface area (Å²) < 4.78 is 0. The van der Waals surface area contributed by atoms with E-state index in [1.807, 2.05) is 18.3 Å². The fourth-order valence-corrected chi connectivity index (χ4v) is 1.88. The largest absolute Gasteiger partial charge is 0.271 e. The van der Waals surface area contributed by atoms with E-state index in [1.54, 1.807) is 6.20 Å². The molecule has 3 heteroatoms. The maximum absolute atomic E-state index is 5.65. The highest BCUT2D eigenvalue weighted by Gasteiger charge is 2.12. The summed E-state index contributed by atoms with van der Waals surface area (Å²) in [7, 11) is 0. The lowest BCUT2D eigenvalue weighted by molar-refractivity contribution is 0.634. The molecule has 3 nitrogen and oxygen atoms in total. The third-order valence-electron chi connectivity index (χ3n) is 3.05. The predicted octanol–water partition coefficient (Wildman–Crippen LogP) is 2.25. The molecule has 0 fully saturated rings. The van der Waals surface area contributed by atoms with E-state index in [0.29, 0.717) is 0 Å². The average molecular weight is 227 g/mol. The van der Waals surface area contributed by atoms with Crippen molar-refractivity contribution >= 4 is 0 Å². The molecular formula is C14H17N3. The van der Waals surface area contributed by atoms with E-state index < -0.39 is 0 Å².